The molecule has 5 heteroatoms. The van der Waals surface area contributed by atoms with Gasteiger partial charge in [0.15, 0.2) is 0 Å². The molecule has 0 saturated heterocycles. The highest BCUT2D eigenvalue weighted by Crippen LogP contribution is 2.39. The zero-order valence-electron chi connectivity index (χ0n) is 29.0. The lowest BCUT2D eigenvalue weighted by Gasteiger charge is -2.15. The van der Waals surface area contributed by atoms with Crippen molar-refractivity contribution in [1.82, 2.24) is 14.1 Å². The molecular formula is C49H29N5. The highest BCUT2D eigenvalue weighted by atomic mass is 15.1. The summed E-state index contributed by atoms with van der Waals surface area (Å²) in [6.07, 6.45) is 0. The average Bonchev–Trinajstić information content (AvgIpc) is 3.76. The number of aromatic nitrogens is 3. The molecule has 0 N–H and O–H groups in total. The molecule has 0 aliphatic rings. The van der Waals surface area contributed by atoms with E-state index >= 15 is 0 Å². The van der Waals surface area contributed by atoms with Crippen LogP contribution >= 0.6 is 0 Å². The minimum Gasteiger partial charge on any atom is -0.294 e. The molecule has 0 atom stereocenters. The van der Waals surface area contributed by atoms with E-state index in [2.05, 4.69) is 167 Å². The molecule has 3 heterocycles. The van der Waals surface area contributed by atoms with Crippen LogP contribution in [0.5, 0.6) is 0 Å². The van der Waals surface area contributed by atoms with Crippen LogP contribution in [0.1, 0.15) is 11.1 Å². The largest absolute Gasteiger partial charge is 0.294 e. The van der Waals surface area contributed by atoms with Crippen molar-refractivity contribution in [3.8, 4) is 57.2 Å². The molecule has 0 saturated carbocycles. The summed E-state index contributed by atoms with van der Waals surface area (Å²) in [5.41, 5.74) is 11.2. The molecular weight excluding hydrogens is 659 g/mol. The number of nitriles is 2. The van der Waals surface area contributed by atoms with Crippen LogP contribution in [-0.4, -0.2) is 14.1 Å². The van der Waals surface area contributed by atoms with Crippen LogP contribution in [0.3, 0.4) is 0 Å². The Morgan fingerprint density at radius 1 is 0.333 bits per heavy atom. The molecule has 0 bridgehead atoms. The third-order valence-corrected chi connectivity index (χ3v) is 10.4. The van der Waals surface area contributed by atoms with Crippen LogP contribution in [0.2, 0.25) is 0 Å². The zero-order valence-corrected chi connectivity index (χ0v) is 29.0. The Hall–Kier alpha value is -7.73. The van der Waals surface area contributed by atoms with Gasteiger partial charge in [0, 0.05) is 21.5 Å². The van der Waals surface area contributed by atoms with Crippen molar-refractivity contribution >= 4 is 43.6 Å². The second-order valence-electron chi connectivity index (χ2n) is 13.5. The van der Waals surface area contributed by atoms with Crippen molar-refractivity contribution in [3.05, 3.63) is 187 Å². The lowest BCUT2D eigenvalue weighted by atomic mass is 10.0. The molecule has 0 aliphatic carbocycles. The van der Waals surface area contributed by atoms with Crippen LogP contribution < -0.4 is 0 Å². The summed E-state index contributed by atoms with van der Waals surface area (Å²) < 4.78 is 4.48. The predicted molar refractivity (Wildman–Crippen MR) is 219 cm³/mol. The van der Waals surface area contributed by atoms with Crippen molar-refractivity contribution < 1.29 is 0 Å². The van der Waals surface area contributed by atoms with Crippen molar-refractivity contribution in [3.63, 3.8) is 0 Å². The fourth-order valence-electron chi connectivity index (χ4n) is 7.87. The molecule has 10 rings (SSSR count). The monoisotopic (exact) mass is 687 g/mol. The number of rotatable bonds is 5. The van der Waals surface area contributed by atoms with Gasteiger partial charge in [0.25, 0.3) is 0 Å². The number of hydrogen-bond donors (Lipinski definition) is 0. The van der Waals surface area contributed by atoms with Crippen molar-refractivity contribution in [2.24, 2.45) is 0 Å². The van der Waals surface area contributed by atoms with Gasteiger partial charge in [0.2, 0.25) is 0 Å². The van der Waals surface area contributed by atoms with Crippen LogP contribution in [-0.2, 0) is 0 Å². The summed E-state index contributed by atoms with van der Waals surface area (Å²) in [6.45, 7) is 0. The standard InChI is InChI=1S/C49H29N5/c50-30-37-20-19-34(25-39(37)31-51)38-28-48(53-44-17-9-7-15-40(44)42-26-35(21-23-46(42)53)32-11-3-1-4-12-32)52-49(29-38)54-45-18-10-8-16-41(45)43-27-36(22-24-47(43)54)33-13-5-2-6-14-33/h1-29H. The van der Waals surface area contributed by atoms with E-state index < -0.39 is 0 Å². The van der Waals surface area contributed by atoms with Gasteiger partial charge in [-0.1, -0.05) is 115 Å². The molecule has 7 aromatic carbocycles. The summed E-state index contributed by atoms with van der Waals surface area (Å²) >= 11 is 0. The van der Waals surface area contributed by atoms with Crippen LogP contribution in [0.15, 0.2) is 176 Å². The molecule has 54 heavy (non-hydrogen) atoms. The molecule has 0 aliphatic heterocycles. The van der Waals surface area contributed by atoms with Crippen LogP contribution in [0, 0.1) is 22.7 Å². The number of para-hydroxylation sites is 2. The van der Waals surface area contributed by atoms with Gasteiger partial charge in [-0.3, -0.25) is 9.13 Å². The van der Waals surface area contributed by atoms with Crippen LogP contribution in [0.4, 0.5) is 0 Å². The van der Waals surface area contributed by atoms with Gasteiger partial charge in [-0.25, -0.2) is 4.98 Å². The Kier molecular flexibility index (Phi) is 7.18. The third-order valence-electron chi connectivity index (χ3n) is 10.4. The fourth-order valence-corrected chi connectivity index (χ4v) is 7.87. The summed E-state index contributed by atoms with van der Waals surface area (Å²) in [5, 5.41) is 24.2. The predicted octanol–water partition coefficient (Wildman–Crippen LogP) is 12.0. The van der Waals surface area contributed by atoms with Gasteiger partial charge < -0.3 is 0 Å². The number of hydrogen-bond acceptors (Lipinski definition) is 3. The SMILES string of the molecule is N#Cc1ccc(-c2cc(-n3c4ccccc4c4cc(-c5ccccc5)ccc43)nc(-n3c4ccccc4c4cc(-c5ccccc5)ccc43)c2)cc1C#N. The first-order chi connectivity index (χ1) is 26.7. The first-order valence-corrected chi connectivity index (χ1v) is 17.8. The van der Waals surface area contributed by atoms with Crippen molar-refractivity contribution in [1.29, 1.82) is 10.5 Å². The van der Waals surface area contributed by atoms with Gasteiger partial charge in [0.1, 0.15) is 23.8 Å². The van der Waals surface area contributed by atoms with E-state index in [4.69, 9.17) is 4.98 Å². The van der Waals surface area contributed by atoms with Gasteiger partial charge in [-0.2, -0.15) is 10.5 Å². The molecule has 0 spiro atoms. The smallest absolute Gasteiger partial charge is 0.140 e. The minimum absolute atomic E-state index is 0.338. The summed E-state index contributed by atoms with van der Waals surface area (Å²) in [5.74, 6) is 1.49. The molecule has 3 aromatic heterocycles. The Balaban J connectivity index is 1.27. The van der Waals surface area contributed by atoms with E-state index in [0.29, 0.717) is 11.1 Å². The average molecular weight is 688 g/mol. The highest BCUT2D eigenvalue weighted by molar-refractivity contribution is 6.11. The zero-order chi connectivity index (χ0) is 36.2. The van der Waals surface area contributed by atoms with Gasteiger partial charge >= 0.3 is 0 Å². The first kappa shape index (κ1) is 31.0. The first-order valence-electron chi connectivity index (χ1n) is 17.8. The highest BCUT2D eigenvalue weighted by Gasteiger charge is 2.20. The maximum absolute atomic E-state index is 9.99. The molecule has 0 unspecified atom stereocenters. The fraction of sp³-hybridized carbons (Fsp3) is 0. The molecule has 0 amide bonds. The van der Waals surface area contributed by atoms with Gasteiger partial charge in [0.05, 0.1) is 33.2 Å². The lowest BCUT2D eigenvalue weighted by molar-refractivity contribution is 1.01. The quantitative estimate of drug-likeness (QED) is 0.181. The molecule has 10 aromatic rings. The Labute approximate surface area is 311 Å². The van der Waals surface area contributed by atoms with E-state index in [1.165, 1.54) is 0 Å². The van der Waals surface area contributed by atoms with E-state index in [-0.39, 0.29) is 0 Å². The van der Waals surface area contributed by atoms with Gasteiger partial charge in [-0.05, 0) is 94.0 Å². The van der Waals surface area contributed by atoms with Gasteiger partial charge in [-0.15, -0.1) is 0 Å². The summed E-state index contributed by atoms with van der Waals surface area (Å²) in [7, 11) is 0. The summed E-state index contributed by atoms with van der Waals surface area (Å²) in [4.78, 5) is 5.49. The maximum atomic E-state index is 9.99. The number of benzene rings is 7. The molecule has 0 radical (unpaired) electrons. The number of fused-ring (bicyclic) bond motifs is 6. The Morgan fingerprint density at radius 2 is 0.759 bits per heavy atom. The molecule has 0 fully saturated rings. The van der Waals surface area contributed by atoms with Crippen molar-refractivity contribution in [2.75, 3.05) is 0 Å². The molecule has 5 nitrogen and oxygen atoms in total. The normalized spacial score (nSPS) is 11.3. The van der Waals surface area contributed by atoms with E-state index in [1.807, 2.05) is 18.2 Å². The summed E-state index contributed by atoms with van der Waals surface area (Å²) in [6, 6.07) is 65.1. The minimum atomic E-state index is 0.338. The van der Waals surface area contributed by atoms with E-state index in [0.717, 1.165) is 88.6 Å². The van der Waals surface area contributed by atoms with E-state index in [9.17, 15) is 10.5 Å². The Morgan fingerprint density at radius 3 is 1.26 bits per heavy atom. The molecule has 250 valence electrons. The topological polar surface area (TPSA) is 70.3 Å². The number of nitrogens with zero attached hydrogens (tertiary/aromatic N) is 5. The van der Waals surface area contributed by atoms with Crippen LogP contribution in [0.25, 0.3) is 88.6 Å². The van der Waals surface area contributed by atoms with Crippen molar-refractivity contribution in [2.45, 2.75) is 0 Å². The maximum Gasteiger partial charge on any atom is 0.140 e. The Bertz CT molecular complexity index is 3000. The second kappa shape index (κ2) is 12.5. The van der Waals surface area contributed by atoms with E-state index in [1.54, 1.807) is 12.1 Å². The lowest BCUT2D eigenvalue weighted by Crippen LogP contribution is -2.04. The number of pyridine rings is 1. The third kappa shape index (κ3) is 4.96. The second-order valence-corrected chi connectivity index (χ2v) is 13.5.